The third-order valence-corrected chi connectivity index (χ3v) is 4.66. The summed E-state index contributed by atoms with van der Waals surface area (Å²) in [7, 11) is 0. The SMILES string of the molecule is CC1CNC(=O)c2[nH]c3ccc(C(=O)Nc4ccc(C#N)cc4)cc3c21. The lowest BCUT2D eigenvalue weighted by atomic mass is 9.93. The topological polar surface area (TPSA) is 97.8 Å². The van der Waals surface area contributed by atoms with Gasteiger partial charge in [0, 0.05) is 34.6 Å². The summed E-state index contributed by atoms with van der Waals surface area (Å²) in [6, 6.07) is 14.1. The van der Waals surface area contributed by atoms with Gasteiger partial charge in [0.05, 0.1) is 11.6 Å². The van der Waals surface area contributed by atoms with E-state index < -0.39 is 0 Å². The van der Waals surface area contributed by atoms with E-state index in [9.17, 15) is 9.59 Å². The minimum Gasteiger partial charge on any atom is -0.350 e. The molecule has 128 valence electrons. The Morgan fingerprint density at radius 2 is 2.00 bits per heavy atom. The van der Waals surface area contributed by atoms with Crippen molar-refractivity contribution < 1.29 is 9.59 Å². The first-order valence-corrected chi connectivity index (χ1v) is 8.32. The van der Waals surface area contributed by atoms with Gasteiger partial charge in [-0.25, -0.2) is 0 Å². The van der Waals surface area contributed by atoms with Crippen LogP contribution in [0.3, 0.4) is 0 Å². The van der Waals surface area contributed by atoms with Crippen molar-refractivity contribution in [3.8, 4) is 6.07 Å². The minimum absolute atomic E-state index is 0.113. The smallest absolute Gasteiger partial charge is 0.268 e. The van der Waals surface area contributed by atoms with Crippen molar-refractivity contribution >= 4 is 28.4 Å². The van der Waals surface area contributed by atoms with E-state index >= 15 is 0 Å². The molecule has 1 atom stereocenters. The van der Waals surface area contributed by atoms with Crippen LogP contribution in [-0.4, -0.2) is 23.3 Å². The van der Waals surface area contributed by atoms with Gasteiger partial charge in [0.15, 0.2) is 0 Å². The first-order chi connectivity index (χ1) is 12.6. The molecule has 1 aromatic heterocycles. The van der Waals surface area contributed by atoms with Crippen LogP contribution < -0.4 is 10.6 Å². The Bertz CT molecular complexity index is 1070. The molecule has 0 radical (unpaired) electrons. The predicted molar refractivity (Wildman–Crippen MR) is 98.2 cm³/mol. The summed E-state index contributed by atoms with van der Waals surface area (Å²) in [6.07, 6.45) is 0. The van der Waals surface area contributed by atoms with Crippen molar-refractivity contribution in [3.05, 3.63) is 64.8 Å². The van der Waals surface area contributed by atoms with Crippen LogP contribution in [-0.2, 0) is 0 Å². The lowest BCUT2D eigenvalue weighted by Crippen LogP contribution is -2.33. The third kappa shape index (κ3) is 2.60. The number of nitrogens with zero attached hydrogens (tertiary/aromatic N) is 1. The third-order valence-electron chi connectivity index (χ3n) is 4.66. The summed E-state index contributed by atoms with van der Waals surface area (Å²) in [4.78, 5) is 27.8. The molecular formula is C20H16N4O2. The van der Waals surface area contributed by atoms with Gasteiger partial charge >= 0.3 is 0 Å². The Morgan fingerprint density at radius 1 is 1.23 bits per heavy atom. The maximum atomic E-state index is 12.6. The van der Waals surface area contributed by atoms with Gasteiger partial charge in [-0.05, 0) is 48.0 Å². The number of aromatic amines is 1. The van der Waals surface area contributed by atoms with Gasteiger partial charge in [-0.15, -0.1) is 0 Å². The molecule has 0 aliphatic carbocycles. The van der Waals surface area contributed by atoms with Crippen LogP contribution in [0.4, 0.5) is 5.69 Å². The molecule has 6 heteroatoms. The number of hydrogen-bond acceptors (Lipinski definition) is 3. The van der Waals surface area contributed by atoms with Crippen LogP contribution in [0.2, 0.25) is 0 Å². The van der Waals surface area contributed by atoms with Crippen molar-refractivity contribution in [2.45, 2.75) is 12.8 Å². The Morgan fingerprint density at radius 3 is 2.73 bits per heavy atom. The summed E-state index contributed by atoms with van der Waals surface area (Å²) in [5.74, 6) is -0.175. The first-order valence-electron chi connectivity index (χ1n) is 8.32. The zero-order valence-electron chi connectivity index (χ0n) is 14.1. The molecule has 1 aliphatic heterocycles. The van der Waals surface area contributed by atoms with Crippen LogP contribution in [0.15, 0.2) is 42.5 Å². The van der Waals surface area contributed by atoms with E-state index in [1.807, 2.05) is 18.2 Å². The fourth-order valence-corrected chi connectivity index (χ4v) is 3.31. The van der Waals surface area contributed by atoms with Crippen molar-refractivity contribution in [1.29, 1.82) is 5.26 Å². The van der Waals surface area contributed by atoms with Crippen LogP contribution in [0.25, 0.3) is 10.9 Å². The number of anilines is 1. The molecule has 0 saturated carbocycles. The minimum atomic E-state index is -0.237. The Balaban J connectivity index is 1.68. The van der Waals surface area contributed by atoms with E-state index in [0.29, 0.717) is 29.1 Å². The molecule has 6 nitrogen and oxygen atoms in total. The lowest BCUT2D eigenvalue weighted by Gasteiger charge is -2.19. The Labute approximate surface area is 149 Å². The largest absolute Gasteiger partial charge is 0.350 e. The van der Waals surface area contributed by atoms with Crippen LogP contribution in [0, 0.1) is 11.3 Å². The highest BCUT2D eigenvalue weighted by atomic mass is 16.2. The number of carbonyl (C=O) groups is 2. The zero-order valence-corrected chi connectivity index (χ0v) is 14.1. The number of carbonyl (C=O) groups excluding carboxylic acids is 2. The summed E-state index contributed by atoms with van der Waals surface area (Å²) >= 11 is 0. The number of amides is 2. The zero-order chi connectivity index (χ0) is 18.3. The number of benzene rings is 2. The first kappa shape index (κ1) is 15.9. The molecule has 1 aliphatic rings. The number of H-pyrrole nitrogens is 1. The fraction of sp³-hybridized carbons (Fsp3) is 0.150. The highest BCUT2D eigenvalue weighted by Crippen LogP contribution is 2.32. The molecule has 2 heterocycles. The van der Waals surface area contributed by atoms with Crippen molar-refractivity contribution in [1.82, 2.24) is 10.3 Å². The molecule has 4 rings (SSSR count). The van der Waals surface area contributed by atoms with Gasteiger partial charge in [-0.2, -0.15) is 5.26 Å². The molecule has 0 saturated heterocycles. The normalized spacial score (nSPS) is 15.8. The molecule has 3 N–H and O–H groups in total. The number of hydrogen-bond donors (Lipinski definition) is 3. The van der Waals surface area contributed by atoms with Gasteiger partial charge in [0.25, 0.3) is 11.8 Å². The number of fused-ring (bicyclic) bond motifs is 3. The summed E-state index contributed by atoms with van der Waals surface area (Å²) < 4.78 is 0. The lowest BCUT2D eigenvalue weighted by molar-refractivity contribution is 0.0936. The van der Waals surface area contributed by atoms with E-state index in [-0.39, 0.29) is 17.7 Å². The molecule has 0 bridgehead atoms. The maximum absolute atomic E-state index is 12.6. The quantitative estimate of drug-likeness (QED) is 0.666. The number of nitrogens with one attached hydrogen (secondary N) is 3. The molecule has 0 fully saturated rings. The van der Waals surface area contributed by atoms with Gasteiger partial charge in [-0.3, -0.25) is 9.59 Å². The second-order valence-electron chi connectivity index (χ2n) is 6.43. The summed E-state index contributed by atoms with van der Waals surface area (Å²) in [5, 5.41) is 15.4. The average molecular weight is 344 g/mol. The number of nitriles is 1. The van der Waals surface area contributed by atoms with E-state index in [1.54, 1.807) is 30.3 Å². The predicted octanol–water partition coefficient (Wildman–Crippen LogP) is 3.14. The fourth-order valence-electron chi connectivity index (χ4n) is 3.31. The summed E-state index contributed by atoms with van der Waals surface area (Å²) in [5.41, 5.74) is 4.05. The van der Waals surface area contributed by atoms with Gasteiger partial charge < -0.3 is 15.6 Å². The molecule has 2 aromatic carbocycles. The molecule has 3 aromatic rings. The molecular weight excluding hydrogens is 328 g/mol. The van der Waals surface area contributed by atoms with E-state index in [4.69, 9.17) is 5.26 Å². The highest BCUT2D eigenvalue weighted by Gasteiger charge is 2.27. The highest BCUT2D eigenvalue weighted by molar-refractivity contribution is 6.08. The van der Waals surface area contributed by atoms with Gasteiger partial charge in [-0.1, -0.05) is 6.92 Å². The van der Waals surface area contributed by atoms with Crippen LogP contribution in [0.5, 0.6) is 0 Å². The van der Waals surface area contributed by atoms with E-state index in [0.717, 1.165) is 16.5 Å². The summed E-state index contributed by atoms with van der Waals surface area (Å²) in [6.45, 7) is 2.63. The van der Waals surface area contributed by atoms with Crippen LogP contribution in [0.1, 0.15) is 44.8 Å². The van der Waals surface area contributed by atoms with E-state index in [1.165, 1.54) is 0 Å². The van der Waals surface area contributed by atoms with Crippen molar-refractivity contribution in [2.75, 3.05) is 11.9 Å². The standard InChI is InChI=1S/C20H16N4O2/c1-11-10-22-20(26)18-17(11)15-8-13(4-7-16(15)24-18)19(25)23-14-5-2-12(9-21)3-6-14/h2-8,11,24H,10H2,1H3,(H,22,26)(H,23,25). The molecule has 0 spiro atoms. The van der Waals surface area contributed by atoms with Crippen molar-refractivity contribution in [3.63, 3.8) is 0 Å². The number of rotatable bonds is 2. The van der Waals surface area contributed by atoms with Crippen LogP contribution >= 0.6 is 0 Å². The molecule has 2 amide bonds. The average Bonchev–Trinajstić information content (AvgIpc) is 3.05. The Kier molecular flexibility index (Phi) is 3.70. The number of aromatic nitrogens is 1. The van der Waals surface area contributed by atoms with E-state index in [2.05, 4.69) is 22.5 Å². The molecule has 1 unspecified atom stereocenters. The second kappa shape index (κ2) is 6.05. The maximum Gasteiger partial charge on any atom is 0.268 e. The van der Waals surface area contributed by atoms with Gasteiger partial charge in [0.2, 0.25) is 0 Å². The van der Waals surface area contributed by atoms with Gasteiger partial charge in [0.1, 0.15) is 5.69 Å². The molecule has 26 heavy (non-hydrogen) atoms. The Hall–Kier alpha value is -3.59. The monoisotopic (exact) mass is 344 g/mol. The second-order valence-corrected chi connectivity index (χ2v) is 6.43. The van der Waals surface area contributed by atoms with Crippen molar-refractivity contribution in [2.24, 2.45) is 0 Å².